The molecular formula is C25H31N5O2. The predicted octanol–water partition coefficient (Wildman–Crippen LogP) is 3.68. The summed E-state index contributed by atoms with van der Waals surface area (Å²) in [6, 6.07) is 21.0. The van der Waals surface area contributed by atoms with Gasteiger partial charge in [-0.05, 0) is 49.1 Å². The molecule has 32 heavy (non-hydrogen) atoms. The number of hydrogen-bond acceptors (Lipinski definition) is 6. The smallest absolute Gasteiger partial charge is 0.255 e. The topological polar surface area (TPSA) is 115 Å². The Morgan fingerprint density at radius 1 is 1.03 bits per heavy atom. The largest absolute Gasteiger partial charge is 0.384 e. The fourth-order valence-corrected chi connectivity index (χ4v) is 3.16. The molecule has 0 saturated carbocycles. The molecule has 0 aliphatic heterocycles. The average molecular weight is 434 g/mol. The van der Waals surface area contributed by atoms with E-state index < -0.39 is 0 Å². The summed E-state index contributed by atoms with van der Waals surface area (Å²) in [5, 5.41) is 6.28. The molecule has 2 aromatic carbocycles. The van der Waals surface area contributed by atoms with Crippen molar-refractivity contribution in [2.75, 3.05) is 11.1 Å². The summed E-state index contributed by atoms with van der Waals surface area (Å²) < 4.78 is 6.09. The molecule has 1 aromatic heterocycles. The van der Waals surface area contributed by atoms with Crippen molar-refractivity contribution in [3.8, 4) is 0 Å². The lowest BCUT2D eigenvalue weighted by molar-refractivity contribution is 0.00882. The molecule has 168 valence electrons. The van der Waals surface area contributed by atoms with Crippen LogP contribution in [0.4, 0.5) is 11.5 Å². The van der Waals surface area contributed by atoms with Crippen molar-refractivity contribution < 1.29 is 9.53 Å². The van der Waals surface area contributed by atoms with Gasteiger partial charge in [-0.25, -0.2) is 4.98 Å². The van der Waals surface area contributed by atoms with Gasteiger partial charge in [-0.15, -0.1) is 0 Å². The van der Waals surface area contributed by atoms with Crippen LogP contribution in [0.15, 0.2) is 72.9 Å². The minimum Gasteiger partial charge on any atom is -0.384 e. The summed E-state index contributed by atoms with van der Waals surface area (Å²) in [4.78, 5) is 16.4. The number of pyridine rings is 1. The predicted molar refractivity (Wildman–Crippen MR) is 128 cm³/mol. The molecule has 3 rings (SSSR count). The average Bonchev–Trinajstić information content (AvgIpc) is 2.79. The molecule has 0 saturated heterocycles. The van der Waals surface area contributed by atoms with Crippen molar-refractivity contribution in [2.24, 2.45) is 5.73 Å². The van der Waals surface area contributed by atoms with Crippen LogP contribution < -0.4 is 22.1 Å². The fourth-order valence-electron chi connectivity index (χ4n) is 3.16. The summed E-state index contributed by atoms with van der Waals surface area (Å²) in [6.07, 6.45) is 3.13. The SMILES string of the molecule is CC(N)CCC(NCc1ccc(C(=O)Nc2ccnc(N)c2)cc1)OCc1ccccc1. The first kappa shape index (κ1) is 23.4. The molecule has 2 atom stereocenters. The Kier molecular flexibility index (Phi) is 8.74. The zero-order valence-corrected chi connectivity index (χ0v) is 18.3. The maximum absolute atomic E-state index is 12.5. The molecule has 1 heterocycles. The van der Waals surface area contributed by atoms with Gasteiger partial charge >= 0.3 is 0 Å². The zero-order chi connectivity index (χ0) is 22.8. The number of carbonyl (C=O) groups excluding carboxylic acids is 1. The number of nitrogens with zero attached hydrogens (tertiary/aromatic N) is 1. The van der Waals surface area contributed by atoms with Crippen molar-refractivity contribution in [3.05, 3.63) is 89.6 Å². The van der Waals surface area contributed by atoms with Crippen molar-refractivity contribution in [3.63, 3.8) is 0 Å². The lowest BCUT2D eigenvalue weighted by atomic mass is 10.1. The van der Waals surface area contributed by atoms with Crippen LogP contribution in [-0.4, -0.2) is 23.2 Å². The van der Waals surface area contributed by atoms with E-state index in [2.05, 4.69) is 15.6 Å². The molecule has 7 nitrogen and oxygen atoms in total. The quantitative estimate of drug-likeness (QED) is 0.343. The van der Waals surface area contributed by atoms with E-state index in [9.17, 15) is 4.79 Å². The Bertz CT molecular complexity index is 977. The molecule has 3 aromatic rings. The van der Waals surface area contributed by atoms with E-state index in [4.69, 9.17) is 16.2 Å². The van der Waals surface area contributed by atoms with Gasteiger partial charge < -0.3 is 21.5 Å². The fraction of sp³-hybridized carbons (Fsp3) is 0.280. The summed E-state index contributed by atoms with van der Waals surface area (Å²) >= 11 is 0. The van der Waals surface area contributed by atoms with E-state index in [0.717, 1.165) is 24.0 Å². The van der Waals surface area contributed by atoms with E-state index in [-0.39, 0.29) is 18.2 Å². The standard InChI is InChI=1S/C25H31N5O2/c1-18(26)7-12-24(32-17-20-5-3-2-4-6-20)29-16-19-8-10-21(11-9-19)25(31)30-22-13-14-28-23(27)15-22/h2-6,8-11,13-15,18,24,29H,7,12,16-17,26H2,1H3,(H3,27,28,30,31). The molecule has 0 fully saturated rings. The van der Waals surface area contributed by atoms with Crippen LogP contribution in [0.1, 0.15) is 41.3 Å². The third-order valence-corrected chi connectivity index (χ3v) is 4.97. The van der Waals surface area contributed by atoms with Gasteiger partial charge in [0, 0.05) is 36.1 Å². The molecule has 0 spiro atoms. The minimum atomic E-state index is -0.198. The van der Waals surface area contributed by atoms with Gasteiger partial charge in [-0.3, -0.25) is 10.1 Å². The van der Waals surface area contributed by atoms with Crippen molar-refractivity contribution in [1.29, 1.82) is 0 Å². The number of carbonyl (C=O) groups is 1. The van der Waals surface area contributed by atoms with Crippen LogP contribution in [0.2, 0.25) is 0 Å². The number of nitrogens with one attached hydrogen (secondary N) is 2. The molecule has 0 radical (unpaired) electrons. The number of nitrogen functional groups attached to an aromatic ring is 1. The summed E-state index contributed by atoms with van der Waals surface area (Å²) in [5.41, 5.74) is 15.0. The van der Waals surface area contributed by atoms with Crippen molar-refractivity contribution >= 4 is 17.4 Å². The van der Waals surface area contributed by atoms with E-state index in [1.54, 1.807) is 30.5 Å². The summed E-state index contributed by atoms with van der Waals surface area (Å²) in [5.74, 6) is 0.161. The lowest BCUT2D eigenvalue weighted by Crippen LogP contribution is -2.33. The Labute approximate surface area is 189 Å². The first-order valence-electron chi connectivity index (χ1n) is 10.8. The molecule has 0 aliphatic rings. The Hall–Kier alpha value is -3.26. The molecule has 7 heteroatoms. The maximum Gasteiger partial charge on any atom is 0.255 e. The first-order valence-corrected chi connectivity index (χ1v) is 10.8. The minimum absolute atomic E-state index is 0.110. The van der Waals surface area contributed by atoms with Crippen molar-refractivity contribution in [1.82, 2.24) is 10.3 Å². The van der Waals surface area contributed by atoms with Gasteiger partial charge in [0.25, 0.3) is 5.91 Å². The van der Waals surface area contributed by atoms with Crippen LogP contribution in [0.3, 0.4) is 0 Å². The summed E-state index contributed by atoms with van der Waals surface area (Å²) in [7, 11) is 0. The first-order chi connectivity index (χ1) is 15.5. The van der Waals surface area contributed by atoms with Gasteiger partial charge in [-0.2, -0.15) is 0 Å². The number of ether oxygens (including phenoxy) is 1. The van der Waals surface area contributed by atoms with Gasteiger partial charge in [0.1, 0.15) is 12.0 Å². The molecule has 0 aliphatic carbocycles. The van der Waals surface area contributed by atoms with E-state index >= 15 is 0 Å². The Morgan fingerprint density at radius 2 is 1.78 bits per heavy atom. The third kappa shape index (κ3) is 7.77. The van der Waals surface area contributed by atoms with Crippen molar-refractivity contribution in [2.45, 2.75) is 45.2 Å². The second-order valence-electron chi connectivity index (χ2n) is 7.84. The highest BCUT2D eigenvalue weighted by Crippen LogP contribution is 2.13. The number of nitrogens with two attached hydrogens (primary N) is 2. The third-order valence-electron chi connectivity index (χ3n) is 4.97. The van der Waals surface area contributed by atoms with E-state index in [1.807, 2.05) is 49.4 Å². The van der Waals surface area contributed by atoms with Gasteiger partial charge in [-0.1, -0.05) is 42.5 Å². The zero-order valence-electron chi connectivity index (χ0n) is 18.3. The number of anilines is 2. The second-order valence-corrected chi connectivity index (χ2v) is 7.84. The summed E-state index contributed by atoms with van der Waals surface area (Å²) in [6.45, 7) is 3.16. The van der Waals surface area contributed by atoms with Gasteiger partial charge in [0.05, 0.1) is 6.61 Å². The van der Waals surface area contributed by atoms with Crippen LogP contribution in [0, 0.1) is 0 Å². The maximum atomic E-state index is 12.5. The highest BCUT2D eigenvalue weighted by atomic mass is 16.5. The van der Waals surface area contributed by atoms with Gasteiger partial charge in [0.15, 0.2) is 0 Å². The Balaban J connectivity index is 1.53. The lowest BCUT2D eigenvalue weighted by Gasteiger charge is -2.21. The second kappa shape index (κ2) is 12.0. The number of rotatable bonds is 11. The molecule has 2 unspecified atom stereocenters. The number of hydrogen-bond donors (Lipinski definition) is 4. The van der Waals surface area contributed by atoms with Crippen LogP contribution in [0.25, 0.3) is 0 Å². The highest BCUT2D eigenvalue weighted by molar-refractivity contribution is 6.04. The van der Waals surface area contributed by atoms with Crippen LogP contribution in [-0.2, 0) is 17.9 Å². The molecule has 6 N–H and O–H groups in total. The van der Waals surface area contributed by atoms with E-state index in [1.165, 1.54) is 0 Å². The van der Waals surface area contributed by atoms with Crippen LogP contribution in [0.5, 0.6) is 0 Å². The molecule has 0 bridgehead atoms. The highest BCUT2D eigenvalue weighted by Gasteiger charge is 2.11. The molecule has 1 amide bonds. The number of benzene rings is 2. The van der Waals surface area contributed by atoms with Gasteiger partial charge in [0.2, 0.25) is 0 Å². The number of amides is 1. The Morgan fingerprint density at radius 3 is 2.47 bits per heavy atom. The monoisotopic (exact) mass is 433 g/mol. The molecular weight excluding hydrogens is 402 g/mol. The number of aromatic nitrogens is 1. The normalized spacial score (nSPS) is 12.8. The van der Waals surface area contributed by atoms with E-state index in [0.29, 0.717) is 30.2 Å². The van der Waals surface area contributed by atoms with Crippen LogP contribution >= 0.6 is 0 Å².